The third-order valence-corrected chi connectivity index (χ3v) is 12.8. The highest BCUT2D eigenvalue weighted by molar-refractivity contribution is 5.76. The number of hydrogen-bond acceptors (Lipinski definition) is 9. The van der Waals surface area contributed by atoms with E-state index in [2.05, 4.69) is 19.2 Å². The van der Waals surface area contributed by atoms with Gasteiger partial charge in [-0.2, -0.15) is 0 Å². The number of ether oxygens (including phenoxy) is 2. The van der Waals surface area contributed by atoms with E-state index < -0.39 is 55.6 Å². The first-order valence-corrected chi connectivity index (χ1v) is 25.8. The third kappa shape index (κ3) is 30.3. The van der Waals surface area contributed by atoms with Gasteiger partial charge in [-0.05, 0) is 12.8 Å². The van der Waals surface area contributed by atoms with Gasteiger partial charge in [-0.25, -0.2) is 0 Å². The van der Waals surface area contributed by atoms with Gasteiger partial charge in [-0.3, -0.25) is 4.79 Å². The predicted molar refractivity (Wildman–Crippen MR) is 246 cm³/mol. The molecule has 0 aromatic rings. The molecule has 0 aliphatic carbocycles. The highest BCUT2D eigenvalue weighted by Crippen LogP contribution is 2.23. The molecule has 1 saturated heterocycles. The van der Waals surface area contributed by atoms with Gasteiger partial charge in [0.1, 0.15) is 30.5 Å². The maximum atomic E-state index is 13.0. The van der Waals surface area contributed by atoms with Gasteiger partial charge in [0.2, 0.25) is 5.91 Å². The summed E-state index contributed by atoms with van der Waals surface area (Å²) in [6.07, 6.45) is 35.5. The van der Waals surface area contributed by atoms with Gasteiger partial charge < -0.3 is 45.4 Å². The first kappa shape index (κ1) is 57.2. The number of rotatable bonds is 44. The standard InChI is InChI=1S/C50H99NO9/c1-3-5-7-9-11-13-15-16-17-18-19-20-21-22-23-24-25-26-27-29-31-33-35-37-39-45(54)51-42(41-59-50-49(58)48(57)47(56)44(40-52)60-50)46(55)43(53)38-36-34-32-30-28-14-12-10-8-6-4-2/h42-44,46-50,52-53,55-58H,3-41H2,1-2H3,(H,51,54)/t42-,43+,44+,46-,47-,48-,49+,50-/m0/s1. The lowest BCUT2D eigenvalue weighted by Crippen LogP contribution is -2.60. The van der Waals surface area contributed by atoms with Crippen molar-refractivity contribution in [3.63, 3.8) is 0 Å². The van der Waals surface area contributed by atoms with Gasteiger partial charge in [0.15, 0.2) is 6.29 Å². The van der Waals surface area contributed by atoms with E-state index in [9.17, 15) is 35.4 Å². The summed E-state index contributed by atoms with van der Waals surface area (Å²) < 4.78 is 11.2. The summed E-state index contributed by atoms with van der Waals surface area (Å²) in [5.41, 5.74) is 0. The highest BCUT2D eigenvalue weighted by atomic mass is 16.7. The van der Waals surface area contributed by atoms with Crippen molar-refractivity contribution in [2.24, 2.45) is 0 Å². The van der Waals surface area contributed by atoms with Crippen LogP contribution in [0.3, 0.4) is 0 Å². The molecule has 1 amide bonds. The average molecular weight is 858 g/mol. The number of nitrogens with one attached hydrogen (secondary N) is 1. The molecular weight excluding hydrogens is 759 g/mol. The summed E-state index contributed by atoms with van der Waals surface area (Å²) in [6.45, 7) is 3.62. The highest BCUT2D eigenvalue weighted by Gasteiger charge is 2.44. The minimum atomic E-state index is -1.60. The van der Waals surface area contributed by atoms with E-state index in [1.54, 1.807) is 0 Å². The van der Waals surface area contributed by atoms with Gasteiger partial charge in [-0.1, -0.05) is 232 Å². The molecule has 1 rings (SSSR count). The first-order chi connectivity index (χ1) is 29.3. The Kier molecular flexibility index (Phi) is 39.0. The number of aliphatic hydroxyl groups excluding tert-OH is 6. The summed E-state index contributed by atoms with van der Waals surface area (Å²) in [5, 5.41) is 65.2. The Balaban J connectivity index is 2.24. The van der Waals surface area contributed by atoms with Crippen molar-refractivity contribution in [3.8, 4) is 0 Å². The van der Waals surface area contributed by atoms with E-state index in [0.29, 0.717) is 6.42 Å². The topological polar surface area (TPSA) is 169 Å². The predicted octanol–water partition coefficient (Wildman–Crippen LogP) is 10.5. The summed E-state index contributed by atoms with van der Waals surface area (Å²) in [5.74, 6) is -0.253. The number of aliphatic hydroxyl groups is 6. The van der Waals surface area contributed by atoms with Crippen molar-refractivity contribution in [1.82, 2.24) is 5.32 Å². The maximum absolute atomic E-state index is 13.0. The Labute approximate surface area is 368 Å². The molecule has 0 bridgehead atoms. The number of unbranched alkanes of at least 4 members (excludes halogenated alkanes) is 33. The van der Waals surface area contributed by atoms with Crippen LogP contribution in [0.5, 0.6) is 0 Å². The molecule has 10 heteroatoms. The van der Waals surface area contributed by atoms with Gasteiger partial charge in [0, 0.05) is 6.42 Å². The molecule has 0 spiro atoms. The quantitative estimate of drug-likeness (QED) is 0.0295. The van der Waals surface area contributed by atoms with Gasteiger partial charge in [0.25, 0.3) is 0 Å². The minimum Gasteiger partial charge on any atom is -0.394 e. The number of amides is 1. The second kappa shape index (κ2) is 40.9. The Morgan fingerprint density at radius 3 is 1.23 bits per heavy atom. The second-order valence-corrected chi connectivity index (χ2v) is 18.5. The van der Waals surface area contributed by atoms with Crippen LogP contribution in [0.15, 0.2) is 0 Å². The van der Waals surface area contributed by atoms with Crippen LogP contribution in [0.4, 0.5) is 0 Å². The fourth-order valence-electron chi connectivity index (χ4n) is 8.61. The zero-order chi connectivity index (χ0) is 43.9. The van der Waals surface area contributed by atoms with Gasteiger partial charge in [0.05, 0.1) is 25.4 Å². The molecule has 1 fully saturated rings. The number of carbonyl (C=O) groups excluding carboxylic acids is 1. The van der Waals surface area contributed by atoms with Crippen LogP contribution >= 0.6 is 0 Å². The molecule has 0 aromatic carbocycles. The fraction of sp³-hybridized carbons (Fsp3) is 0.980. The number of hydrogen-bond donors (Lipinski definition) is 7. The molecule has 7 N–H and O–H groups in total. The van der Waals surface area contributed by atoms with Gasteiger partial charge >= 0.3 is 0 Å². The van der Waals surface area contributed by atoms with Crippen molar-refractivity contribution in [2.45, 2.75) is 300 Å². The van der Waals surface area contributed by atoms with E-state index >= 15 is 0 Å². The molecule has 0 saturated carbocycles. The van der Waals surface area contributed by atoms with E-state index in [-0.39, 0.29) is 18.9 Å². The number of carbonyl (C=O) groups is 1. The van der Waals surface area contributed by atoms with Crippen molar-refractivity contribution < 1.29 is 44.9 Å². The Hall–Kier alpha value is -0.850. The molecule has 10 nitrogen and oxygen atoms in total. The monoisotopic (exact) mass is 858 g/mol. The smallest absolute Gasteiger partial charge is 0.220 e. The van der Waals surface area contributed by atoms with Gasteiger partial charge in [-0.15, -0.1) is 0 Å². The average Bonchev–Trinajstić information content (AvgIpc) is 3.25. The van der Waals surface area contributed by atoms with Crippen LogP contribution in [-0.4, -0.2) is 98.7 Å². The molecule has 1 aliphatic rings. The molecular formula is C50H99NO9. The summed E-state index contributed by atoms with van der Waals surface area (Å²) in [4.78, 5) is 13.0. The zero-order valence-corrected chi connectivity index (χ0v) is 39.1. The van der Waals surface area contributed by atoms with Crippen LogP contribution < -0.4 is 5.32 Å². The van der Waals surface area contributed by atoms with Crippen LogP contribution in [0.1, 0.15) is 251 Å². The molecule has 0 aromatic heterocycles. The van der Waals surface area contributed by atoms with Crippen molar-refractivity contribution in [3.05, 3.63) is 0 Å². The van der Waals surface area contributed by atoms with Crippen LogP contribution in [0.25, 0.3) is 0 Å². The normalized spacial score (nSPS) is 21.0. The summed E-state index contributed by atoms with van der Waals surface area (Å²) in [6, 6.07) is -0.984. The van der Waals surface area contributed by atoms with E-state index in [0.717, 1.165) is 44.9 Å². The molecule has 358 valence electrons. The Morgan fingerprint density at radius 2 is 0.867 bits per heavy atom. The van der Waals surface area contributed by atoms with Crippen molar-refractivity contribution in [1.29, 1.82) is 0 Å². The SMILES string of the molecule is CCCCCCCCCCCCCCCCCCCCCCCCCCC(=O)N[C@@H](CO[C@H]1O[C@H](CO)[C@H](O)[C@H](O)[C@H]1O)[C@H](O)[C@H](O)CCCCCCCCCCCCC. The lowest BCUT2D eigenvalue weighted by atomic mass is 9.98. The Morgan fingerprint density at radius 1 is 0.517 bits per heavy atom. The van der Waals surface area contributed by atoms with E-state index in [4.69, 9.17) is 9.47 Å². The van der Waals surface area contributed by atoms with Crippen molar-refractivity contribution in [2.75, 3.05) is 13.2 Å². The molecule has 0 radical (unpaired) electrons. The summed E-state index contributed by atoms with van der Waals surface area (Å²) in [7, 11) is 0. The lowest BCUT2D eigenvalue weighted by molar-refractivity contribution is -0.303. The van der Waals surface area contributed by atoms with Crippen molar-refractivity contribution >= 4 is 5.91 Å². The maximum Gasteiger partial charge on any atom is 0.220 e. The summed E-state index contributed by atoms with van der Waals surface area (Å²) >= 11 is 0. The van der Waals surface area contributed by atoms with E-state index in [1.165, 1.54) is 180 Å². The van der Waals surface area contributed by atoms with Crippen LogP contribution in [-0.2, 0) is 14.3 Å². The van der Waals surface area contributed by atoms with Crippen LogP contribution in [0, 0.1) is 0 Å². The molecule has 8 atom stereocenters. The third-order valence-electron chi connectivity index (χ3n) is 12.8. The second-order valence-electron chi connectivity index (χ2n) is 18.5. The molecule has 1 aliphatic heterocycles. The lowest BCUT2D eigenvalue weighted by Gasteiger charge is -2.40. The van der Waals surface area contributed by atoms with Crippen LogP contribution in [0.2, 0.25) is 0 Å². The minimum absolute atomic E-state index is 0.253. The first-order valence-electron chi connectivity index (χ1n) is 25.8. The van der Waals surface area contributed by atoms with E-state index in [1.807, 2.05) is 0 Å². The fourth-order valence-corrected chi connectivity index (χ4v) is 8.61. The molecule has 0 unspecified atom stereocenters. The largest absolute Gasteiger partial charge is 0.394 e. The molecule has 60 heavy (non-hydrogen) atoms. The zero-order valence-electron chi connectivity index (χ0n) is 39.1. The Bertz CT molecular complexity index is 926. The molecule has 1 heterocycles.